The Morgan fingerprint density at radius 2 is 2.07 bits per heavy atom. The molecule has 0 saturated heterocycles. The predicted molar refractivity (Wildman–Crippen MR) is 69.1 cm³/mol. The summed E-state index contributed by atoms with van der Waals surface area (Å²) in [6, 6.07) is 0. The average Bonchev–Trinajstić information content (AvgIpc) is 2.48. The van der Waals surface area contributed by atoms with Crippen LogP contribution in [0.2, 0.25) is 0 Å². The van der Waals surface area contributed by atoms with Gasteiger partial charge in [0.2, 0.25) is 0 Å². The molecule has 84 valence electrons. The minimum Gasteiger partial charge on any atom is -0.249 e. The molecule has 0 aliphatic rings. The molecule has 0 saturated carbocycles. The Kier molecular flexibility index (Phi) is 3.72. The lowest BCUT2D eigenvalue weighted by Crippen LogP contribution is -2.17. The van der Waals surface area contributed by atoms with Crippen molar-refractivity contribution in [3.05, 3.63) is 21.7 Å². The molecule has 15 heavy (non-hydrogen) atoms. The van der Waals surface area contributed by atoms with E-state index in [1.165, 1.54) is 10.5 Å². The van der Waals surface area contributed by atoms with E-state index in [0.29, 0.717) is 11.3 Å². The Labute approximate surface area is 97.3 Å². The van der Waals surface area contributed by atoms with Crippen molar-refractivity contribution >= 4 is 17.4 Å². The van der Waals surface area contributed by atoms with Crippen molar-refractivity contribution in [2.45, 2.75) is 41.5 Å². The summed E-state index contributed by atoms with van der Waals surface area (Å²) in [6.07, 6.45) is 4.22. The highest BCUT2D eigenvalue weighted by Crippen LogP contribution is 2.32. The maximum atomic E-state index is 4.27. The van der Waals surface area contributed by atoms with Crippen molar-refractivity contribution in [2.75, 3.05) is 0 Å². The highest BCUT2D eigenvalue weighted by molar-refractivity contribution is 7.12. The van der Waals surface area contributed by atoms with Crippen molar-refractivity contribution in [3.8, 4) is 0 Å². The van der Waals surface area contributed by atoms with Crippen LogP contribution in [0.5, 0.6) is 0 Å². The maximum Gasteiger partial charge on any atom is 0.0900 e. The number of allylic oxidation sites excluding steroid dienone is 1. The van der Waals surface area contributed by atoms with Gasteiger partial charge in [-0.3, -0.25) is 0 Å². The smallest absolute Gasteiger partial charge is 0.0900 e. The summed E-state index contributed by atoms with van der Waals surface area (Å²) in [4.78, 5) is 5.53. The fraction of sp³-hybridized carbons (Fsp3) is 0.615. The van der Waals surface area contributed by atoms with E-state index < -0.39 is 0 Å². The van der Waals surface area contributed by atoms with Crippen molar-refractivity contribution < 1.29 is 0 Å². The van der Waals surface area contributed by atoms with E-state index in [0.717, 1.165) is 5.01 Å². The second kappa shape index (κ2) is 4.48. The molecule has 2 heteroatoms. The number of hydrogen-bond donors (Lipinski definition) is 0. The van der Waals surface area contributed by atoms with Gasteiger partial charge in [0.15, 0.2) is 0 Å². The summed E-state index contributed by atoms with van der Waals surface area (Å²) in [5, 5.41) is 1.14. The molecule has 1 atom stereocenters. The maximum absolute atomic E-state index is 4.27. The summed E-state index contributed by atoms with van der Waals surface area (Å²) in [7, 11) is 0. The third kappa shape index (κ3) is 3.45. The monoisotopic (exact) mass is 223 g/mol. The van der Waals surface area contributed by atoms with Crippen LogP contribution in [0, 0.1) is 18.3 Å². The van der Waals surface area contributed by atoms with Gasteiger partial charge in [0.05, 0.1) is 5.01 Å². The Hall–Kier alpha value is -0.630. The van der Waals surface area contributed by atoms with E-state index in [1.54, 1.807) is 11.3 Å². The summed E-state index contributed by atoms with van der Waals surface area (Å²) in [5.41, 5.74) is 1.77. The first kappa shape index (κ1) is 12.4. The lowest BCUT2D eigenvalue weighted by atomic mass is 9.78. The summed E-state index contributed by atoms with van der Waals surface area (Å²) >= 11 is 1.76. The zero-order chi connectivity index (χ0) is 11.6. The molecule has 1 aromatic heterocycles. The number of aromatic nitrogens is 1. The largest absolute Gasteiger partial charge is 0.249 e. The second-order valence-electron chi connectivity index (χ2n) is 5.26. The normalized spacial score (nSPS) is 15.5. The standard InChI is InChI=1S/C13H21NS/c1-9(10(2)13(4,5)6)7-12-8-14-11(3)15-12/h7-8,10H,1-6H3/b9-7+/t10-/m0/s1. The van der Waals surface area contributed by atoms with Crippen LogP contribution in [0.4, 0.5) is 0 Å². The van der Waals surface area contributed by atoms with Gasteiger partial charge >= 0.3 is 0 Å². The number of nitrogens with zero attached hydrogens (tertiary/aromatic N) is 1. The first-order valence-corrected chi connectivity index (χ1v) is 6.23. The van der Waals surface area contributed by atoms with Crippen LogP contribution in [0.15, 0.2) is 11.8 Å². The van der Waals surface area contributed by atoms with Crippen LogP contribution in [0.3, 0.4) is 0 Å². The zero-order valence-corrected chi connectivity index (χ0v) is 11.4. The molecule has 1 rings (SSSR count). The molecule has 0 radical (unpaired) electrons. The van der Waals surface area contributed by atoms with Crippen LogP contribution >= 0.6 is 11.3 Å². The molecule has 0 aromatic carbocycles. The molecule has 0 fully saturated rings. The number of hydrogen-bond acceptors (Lipinski definition) is 2. The van der Waals surface area contributed by atoms with Gasteiger partial charge in [-0.05, 0) is 31.3 Å². The van der Waals surface area contributed by atoms with Crippen LogP contribution in [0.1, 0.15) is 44.5 Å². The molecule has 0 amide bonds. The lowest BCUT2D eigenvalue weighted by Gasteiger charge is -2.28. The molecular weight excluding hydrogens is 202 g/mol. The van der Waals surface area contributed by atoms with E-state index in [-0.39, 0.29) is 0 Å². The van der Waals surface area contributed by atoms with Gasteiger partial charge in [-0.1, -0.05) is 33.3 Å². The SMILES string of the molecule is C/C(=C\c1cnc(C)s1)[C@H](C)C(C)(C)C. The van der Waals surface area contributed by atoms with Gasteiger partial charge in [0.1, 0.15) is 0 Å². The fourth-order valence-electron chi connectivity index (χ4n) is 1.48. The average molecular weight is 223 g/mol. The van der Waals surface area contributed by atoms with Crippen LogP contribution in [0.25, 0.3) is 6.08 Å². The quantitative estimate of drug-likeness (QED) is 0.717. The minimum absolute atomic E-state index is 0.334. The van der Waals surface area contributed by atoms with E-state index >= 15 is 0 Å². The predicted octanol–water partition coefficient (Wildman–Crippen LogP) is 4.54. The highest BCUT2D eigenvalue weighted by atomic mass is 32.1. The Morgan fingerprint density at radius 3 is 2.47 bits per heavy atom. The Balaban J connectivity index is 2.85. The van der Waals surface area contributed by atoms with Gasteiger partial charge < -0.3 is 0 Å². The van der Waals surface area contributed by atoms with E-state index in [1.807, 2.05) is 13.1 Å². The molecule has 0 aliphatic heterocycles. The summed E-state index contributed by atoms with van der Waals surface area (Å²) in [6.45, 7) is 13.4. The molecular formula is C13H21NS. The van der Waals surface area contributed by atoms with Crippen molar-refractivity contribution in [2.24, 2.45) is 11.3 Å². The van der Waals surface area contributed by atoms with Crippen LogP contribution < -0.4 is 0 Å². The van der Waals surface area contributed by atoms with E-state index in [9.17, 15) is 0 Å². The molecule has 0 spiro atoms. The van der Waals surface area contributed by atoms with Gasteiger partial charge in [-0.2, -0.15) is 0 Å². The van der Waals surface area contributed by atoms with Gasteiger partial charge in [0.25, 0.3) is 0 Å². The highest BCUT2D eigenvalue weighted by Gasteiger charge is 2.21. The molecule has 0 unspecified atom stereocenters. The van der Waals surface area contributed by atoms with Gasteiger partial charge in [-0.25, -0.2) is 4.98 Å². The van der Waals surface area contributed by atoms with E-state index in [2.05, 4.69) is 45.7 Å². The molecule has 1 nitrogen and oxygen atoms in total. The number of thiazole rings is 1. The zero-order valence-electron chi connectivity index (χ0n) is 10.6. The summed E-state index contributed by atoms with van der Waals surface area (Å²) in [5.74, 6) is 0.597. The van der Waals surface area contributed by atoms with Crippen LogP contribution in [-0.4, -0.2) is 4.98 Å². The third-order valence-corrected chi connectivity index (χ3v) is 3.85. The van der Waals surface area contributed by atoms with Crippen molar-refractivity contribution in [1.82, 2.24) is 4.98 Å². The molecule has 0 bridgehead atoms. The molecule has 1 aromatic rings. The van der Waals surface area contributed by atoms with Crippen molar-refractivity contribution in [3.63, 3.8) is 0 Å². The molecule has 0 aliphatic carbocycles. The third-order valence-electron chi connectivity index (χ3n) is 2.99. The topological polar surface area (TPSA) is 12.9 Å². The first-order valence-electron chi connectivity index (χ1n) is 5.41. The Bertz CT molecular complexity index is 355. The lowest BCUT2D eigenvalue weighted by molar-refractivity contribution is 0.302. The van der Waals surface area contributed by atoms with Gasteiger partial charge in [0, 0.05) is 11.1 Å². The molecule has 1 heterocycles. The summed E-state index contributed by atoms with van der Waals surface area (Å²) < 4.78 is 0. The fourth-order valence-corrected chi connectivity index (χ4v) is 2.27. The first-order chi connectivity index (χ1) is 6.80. The van der Waals surface area contributed by atoms with Crippen LogP contribution in [-0.2, 0) is 0 Å². The minimum atomic E-state index is 0.334. The number of aryl methyl sites for hydroxylation is 1. The Morgan fingerprint density at radius 1 is 1.47 bits per heavy atom. The second-order valence-corrected chi connectivity index (χ2v) is 6.52. The van der Waals surface area contributed by atoms with Crippen molar-refractivity contribution in [1.29, 1.82) is 0 Å². The van der Waals surface area contributed by atoms with E-state index in [4.69, 9.17) is 0 Å². The molecule has 0 N–H and O–H groups in total. The number of rotatable bonds is 2. The van der Waals surface area contributed by atoms with Gasteiger partial charge in [-0.15, -0.1) is 11.3 Å².